The molecule has 4 N–H and O–H groups in total. The molecule has 0 atom stereocenters. The molecule has 0 aliphatic rings. The third kappa shape index (κ3) is 11.0. The van der Waals surface area contributed by atoms with Crippen molar-refractivity contribution in [2.45, 2.75) is 65.8 Å². The molecule has 42 heavy (non-hydrogen) atoms. The van der Waals surface area contributed by atoms with Gasteiger partial charge in [-0.1, -0.05) is 24.3 Å². The lowest BCUT2D eigenvalue weighted by Crippen LogP contribution is -2.27. The van der Waals surface area contributed by atoms with Crippen molar-refractivity contribution in [1.29, 1.82) is 0 Å². The fourth-order valence-electron chi connectivity index (χ4n) is 3.60. The summed E-state index contributed by atoms with van der Waals surface area (Å²) in [6, 6.07) is 20.5. The maximum absolute atomic E-state index is 12.6. The zero-order valence-electron chi connectivity index (χ0n) is 24.8. The van der Waals surface area contributed by atoms with E-state index in [1.54, 1.807) is 114 Å². The number of rotatable bonds is 8. The van der Waals surface area contributed by atoms with Crippen LogP contribution in [0.5, 0.6) is 0 Å². The lowest BCUT2D eigenvalue weighted by atomic mass is 10.1. The van der Waals surface area contributed by atoms with Crippen LogP contribution in [-0.4, -0.2) is 35.2 Å². The third-order valence-corrected chi connectivity index (χ3v) is 5.51. The summed E-state index contributed by atoms with van der Waals surface area (Å²) in [5.41, 5.74) is 2.53. The zero-order chi connectivity index (χ0) is 30.9. The van der Waals surface area contributed by atoms with Gasteiger partial charge in [0, 0.05) is 35.6 Å². The molecule has 0 bridgehead atoms. The standard InChI is InChI=1S/C32H38N4O6/c1-31(2,3)41-29(39)35-25-15-7-21(8-16-25)19-33-27(37)23-11-13-24(14-12-23)28(38)34-20-22-9-17-26(18-10-22)36-30(40)42-32(4,5)6/h7-18H,19-20H2,1-6H3,(H,33,37)(H,34,38)(H,35,39)(H,36,40). The predicted octanol–water partition coefficient (Wildman–Crippen LogP) is 6.24. The summed E-state index contributed by atoms with van der Waals surface area (Å²) < 4.78 is 10.5. The molecule has 10 nitrogen and oxygen atoms in total. The molecule has 222 valence electrons. The third-order valence-electron chi connectivity index (χ3n) is 5.51. The Kier molecular flexibility index (Phi) is 10.3. The van der Waals surface area contributed by atoms with Gasteiger partial charge in [0.25, 0.3) is 11.8 Å². The van der Waals surface area contributed by atoms with Crippen LogP contribution in [0.25, 0.3) is 0 Å². The van der Waals surface area contributed by atoms with E-state index < -0.39 is 23.4 Å². The molecular weight excluding hydrogens is 536 g/mol. The number of benzene rings is 3. The molecular formula is C32H38N4O6. The minimum absolute atomic E-state index is 0.280. The van der Waals surface area contributed by atoms with E-state index in [1.165, 1.54) is 0 Å². The average molecular weight is 575 g/mol. The largest absolute Gasteiger partial charge is 0.444 e. The van der Waals surface area contributed by atoms with E-state index in [0.717, 1.165) is 11.1 Å². The molecule has 0 spiro atoms. The lowest BCUT2D eigenvalue weighted by molar-refractivity contribution is 0.0624. The first-order valence-corrected chi connectivity index (χ1v) is 13.5. The Labute approximate surface area is 246 Å². The predicted molar refractivity (Wildman–Crippen MR) is 161 cm³/mol. The van der Waals surface area contributed by atoms with Crippen LogP contribution >= 0.6 is 0 Å². The second kappa shape index (κ2) is 13.7. The second-order valence-electron chi connectivity index (χ2n) is 11.6. The molecule has 4 amide bonds. The molecule has 0 fully saturated rings. The van der Waals surface area contributed by atoms with Crippen molar-refractivity contribution in [1.82, 2.24) is 10.6 Å². The van der Waals surface area contributed by atoms with Crippen LogP contribution in [0.4, 0.5) is 21.0 Å². The van der Waals surface area contributed by atoms with E-state index in [1.807, 2.05) is 0 Å². The first kappa shape index (κ1) is 31.7. The van der Waals surface area contributed by atoms with Crippen molar-refractivity contribution in [3.8, 4) is 0 Å². The smallest absolute Gasteiger partial charge is 0.412 e. The summed E-state index contributed by atoms with van der Waals surface area (Å²) in [5, 5.41) is 11.0. The van der Waals surface area contributed by atoms with E-state index in [4.69, 9.17) is 9.47 Å². The summed E-state index contributed by atoms with van der Waals surface area (Å²) in [6.45, 7) is 11.3. The quantitative estimate of drug-likeness (QED) is 0.252. The Hall–Kier alpha value is -4.86. The fraction of sp³-hybridized carbons (Fsp3) is 0.312. The van der Waals surface area contributed by atoms with Gasteiger partial charge in [-0.25, -0.2) is 9.59 Å². The van der Waals surface area contributed by atoms with Crippen LogP contribution in [0, 0.1) is 0 Å². The molecule has 0 radical (unpaired) electrons. The van der Waals surface area contributed by atoms with Gasteiger partial charge < -0.3 is 20.1 Å². The van der Waals surface area contributed by atoms with Gasteiger partial charge in [-0.15, -0.1) is 0 Å². The molecule has 3 aromatic carbocycles. The van der Waals surface area contributed by atoms with E-state index in [-0.39, 0.29) is 11.8 Å². The molecule has 10 heteroatoms. The topological polar surface area (TPSA) is 135 Å². The molecule has 0 aliphatic heterocycles. The van der Waals surface area contributed by atoms with Crippen LogP contribution < -0.4 is 21.3 Å². The summed E-state index contributed by atoms with van der Waals surface area (Å²) in [7, 11) is 0. The Morgan fingerprint density at radius 3 is 1.12 bits per heavy atom. The van der Waals surface area contributed by atoms with E-state index in [0.29, 0.717) is 35.6 Å². The molecule has 0 unspecified atom stereocenters. The van der Waals surface area contributed by atoms with Gasteiger partial charge in [-0.2, -0.15) is 0 Å². The Balaban J connectivity index is 1.44. The van der Waals surface area contributed by atoms with Crippen LogP contribution in [0.1, 0.15) is 73.4 Å². The maximum Gasteiger partial charge on any atom is 0.412 e. The van der Waals surface area contributed by atoms with Crippen LogP contribution in [-0.2, 0) is 22.6 Å². The SMILES string of the molecule is CC(C)(C)OC(=O)Nc1ccc(CNC(=O)c2ccc(C(=O)NCc3ccc(NC(=O)OC(C)(C)C)cc3)cc2)cc1. The average Bonchev–Trinajstić information content (AvgIpc) is 2.90. The van der Waals surface area contributed by atoms with E-state index >= 15 is 0 Å². The van der Waals surface area contributed by atoms with E-state index in [2.05, 4.69) is 21.3 Å². The molecule has 3 aromatic rings. The monoisotopic (exact) mass is 574 g/mol. The number of hydrogen-bond donors (Lipinski definition) is 4. The van der Waals surface area contributed by atoms with Crippen molar-refractivity contribution in [3.05, 3.63) is 95.1 Å². The minimum atomic E-state index is -0.589. The highest BCUT2D eigenvalue weighted by molar-refractivity contribution is 5.97. The van der Waals surface area contributed by atoms with Crippen molar-refractivity contribution < 1.29 is 28.7 Å². The first-order valence-electron chi connectivity index (χ1n) is 13.5. The van der Waals surface area contributed by atoms with Gasteiger partial charge in [0.1, 0.15) is 11.2 Å². The van der Waals surface area contributed by atoms with Crippen molar-refractivity contribution in [2.24, 2.45) is 0 Å². The van der Waals surface area contributed by atoms with Gasteiger partial charge in [-0.3, -0.25) is 20.2 Å². The number of carbonyl (C=O) groups excluding carboxylic acids is 4. The molecule has 0 saturated carbocycles. The molecule has 0 heterocycles. The van der Waals surface area contributed by atoms with Crippen LogP contribution in [0.3, 0.4) is 0 Å². The van der Waals surface area contributed by atoms with E-state index in [9.17, 15) is 19.2 Å². The number of carbonyl (C=O) groups is 4. The van der Waals surface area contributed by atoms with Gasteiger partial charge in [0.05, 0.1) is 0 Å². The number of hydrogen-bond acceptors (Lipinski definition) is 6. The molecule has 0 aromatic heterocycles. The number of anilines is 2. The number of ether oxygens (including phenoxy) is 2. The molecule has 3 rings (SSSR count). The summed E-state index contributed by atoms with van der Waals surface area (Å²) >= 11 is 0. The summed E-state index contributed by atoms with van der Waals surface area (Å²) in [6.07, 6.45) is -1.08. The van der Waals surface area contributed by atoms with Crippen molar-refractivity contribution in [3.63, 3.8) is 0 Å². The Morgan fingerprint density at radius 1 is 0.524 bits per heavy atom. The highest BCUT2D eigenvalue weighted by atomic mass is 16.6. The fourth-order valence-corrected chi connectivity index (χ4v) is 3.60. The zero-order valence-corrected chi connectivity index (χ0v) is 24.8. The number of amides is 4. The van der Waals surface area contributed by atoms with Crippen molar-refractivity contribution >= 4 is 35.4 Å². The molecule has 0 aliphatic carbocycles. The summed E-state index contributed by atoms with van der Waals surface area (Å²) in [4.78, 5) is 49.0. The van der Waals surface area contributed by atoms with Gasteiger partial charge in [-0.05, 0) is 101 Å². The second-order valence-corrected chi connectivity index (χ2v) is 11.6. The Bertz CT molecular complexity index is 1280. The Morgan fingerprint density at radius 2 is 0.833 bits per heavy atom. The van der Waals surface area contributed by atoms with Crippen LogP contribution in [0.2, 0.25) is 0 Å². The van der Waals surface area contributed by atoms with Gasteiger partial charge >= 0.3 is 12.2 Å². The van der Waals surface area contributed by atoms with Gasteiger partial charge in [0.15, 0.2) is 0 Å². The van der Waals surface area contributed by atoms with Crippen LogP contribution in [0.15, 0.2) is 72.8 Å². The minimum Gasteiger partial charge on any atom is -0.444 e. The van der Waals surface area contributed by atoms with Gasteiger partial charge in [0.2, 0.25) is 0 Å². The highest BCUT2D eigenvalue weighted by Crippen LogP contribution is 2.15. The summed E-state index contributed by atoms with van der Waals surface area (Å²) in [5.74, 6) is -0.559. The highest BCUT2D eigenvalue weighted by Gasteiger charge is 2.17. The normalized spacial score (nSPS) is 11.2. The number of nitrogens with one attached hydrogen (secondary N) is 4. The first-order chi connectivity index (χ1) is 19.7. The molecule has 0 saturated heterocycles. The van der Waals surface area contributed by atoms with Crippen molar-refractivity contribution in [2.75, 3.05) is 10.6 Å². The maximum atomic E-state index is 12.6. The lowest BCUT2D eigenvalue weighted by Gasteiger charge is -2.19.